The number of benzene rings is 1. The van der Waals surface area contributed by atoms with Gasteiger partial charge in [-0.1, -0.05) is 12.1 Å². The number of carbonyl (C=O) groups excluding carboxylic acids is 1. The van der Waals surface area contributed by atoms with Gasteiger partial charge in [0, 0.05) is 25.3 Å². The van der Waals surface area contributed by atoms with E-state index in [-0.39, 0.29) is 18.0 Å². The Morgan fingerprint density at radius 1 is 1.21 bits per heavy atom. The van der Waals surface area contributed by atoms with Crippen molar-refractivity contribution >= 4 is 6.09 Å². The number of carbonyl (C=O) groups is 1. The largest absolute Gasteiger partial charge is 0.444 e. The van der Waals surface area contributed by atoms with Crippen molar-refractivity contribution in [3.8, 4) is 0 Å². The number of aromatic nitrogens is 2. The second kappa shape index (κ2) is 7.78. The fourth-order valence-corrected chi connectivity index (χ4v) is 4.31. The summed E-state index contributed by atoms with van der Waals surface area (Å²) in [4.78, 5) is 17.4. The van der Waals surface area contributed by atoms with Gasteiger partial charge in [-0.25, -0.2) is 9.18 Å². The standard InChI is InChI=1S/C22H29FN4O2/c1-22(2,3)29-21(28)26-14-18-5-4-12-25(18)15-20(26)19-10-11-24-27(19)13-16-6-8-17(23)9-7-16/h6-11,18,20H,4-5,12-15H2,1-3H3/t18-,20+/m1/s1. The number of ether oxygens (including phenoxy) is 1. The Morgan fingerprint density at radius 2 is 1.97 bits per heavy atom. The summed E-state index contributed by atoms with van der Waals surface area (Å²) < 4.78 is 20.9. The molecule has 7 heteroatoms. The Morgan fingerprint density at radius 3 is 2.69 bits per heavy atom. The summed E-state index contributed by atoms with van der Waals surface area (Å²) in [5, 5.41) is 4.49. The molecule has 0 spiro atoms. The van der Waals surface area contributed by atoms with E-state index < -0.39 is 5.60 Å². The van der Waals surface area contributed by atoms with Crippen LogP contribution < -0.4 is 0 Å². The molecule has 0 N–H and O–H groups in total. The van der Waals surface area contributed by atoms with Crippen molar-refractivity contribution in [3.05, 3.63) is 53.6 Å². The summed E-state index contributed by atoms with van der Waals surface area (Å²) in [7, 11) is 0. The smallest absolute Gasteiger partial charge is 0.410 e. The van der Waals surface area contributed by atoms with Crippen LogP contribution in [0.3, 0.4) is 0 Å². The van der Waals surface area contributed by atoms with Crippen LogP contribution in [0, 0.1) is 5.82 Å². The average molecular weight is 400 g/mol. The Balaban J connectivity index is 1.61. The number of rotatable bonds is 3. The fourth-order valence-electron chi connectivity index (χ4n) is 4.31. The molecule has 2 fully saturated rings. The summed E-state index contributed by atoms with van der Waals surface area (Å²) in [5.74, 6) is -0.252. The van der Waals surface area contributed by atoms with Crippen LogP contribution in [0.2, 0.25) is 0 Å². The van der Waals surface area contributed by atoms with E-state index in [1.54, 1.807) is 18.3 Å². The molecule has 4 rings (SSSR count). The lowest BCUT2D eigenvalue weighted by molar-refractivity contribution is -0.0107. The third-order valence-electron chi connectivity index (χ3n) is 5.65. The minimum Gasteiger partial charge on any atom is -0.444 e. The number of fused-ring (bicyclic) bond motifs is 1. The van der Waals surface area contributed by atoms with Gasteiger partial charge in [0.25, 0.3) is 0 Å². The van der Waals surface area contributed by atoms with E-state index >= 15 is 0 Å². The van der Waals surface area contributed by atoms with Gasteiger partial charge in [0.05, 0.1) is 18.3 Å². The molecule has 6 nitrogen and oxygen atoms in total. The van der Waals surface area contributed by atoms with Crippen LogP contribution in [-0.4, -0.2) is 57.0 Å². The number of hydrogen-bond acceptors (Lipinski definition) is 4. The minimum absolute atomic E-state index is 0.123. The second-order valence-corrected chi connectivity index (χ2v) is 8.98. The van der Waals surface area contributed by atoms with Crippen LogP contribution in [0.25, 0.3) is 0 Å². The van der Waals surface area contributed by atoms with Gasteiger partial charge in [-0.3, -0.25) is 14.5 Å². The average Bonchev–Trinajstić information content (AvgIpc) is 3.29. The molecule has 29 heavy (non-hydrogen) atoms. The van der Waals surface area contributed by atoms with Crippen molar-refractivity contribution in [2.45, 2.75) is 57.8 Å². The summed E-state index contributed by atoms with van der Waals surface area (Å²) in [6, 6.07) is 8.70. The van der Waals surface area contributed by atoms with Gasteiger partial charge in [-0.15, -0.1) is 0 Å². The zero-order valence-electron chi connectivity index (χ0n) is 17.3. The maximum atomic E-state index is 13.2. The van der Waals surface area contributed by atoms with Gasteiger partial charge in [-0.2, -0.15) is 5.10 Å². The second-order valence-electron chi connectivity index (χ2n) is 8.98. The van der Waals surface area contributed by atoms with Gasteiger partial charge >= 0.3 is 6.09 Å². The van der Waals surface area contributed by atoms with Gasteiger partial charge in [0.2, 0.25) is 0 Å². The van der Waals surface area contributed by atoms with Gasteiger partial charge in [0.1, 0.15) is 11.4 Å². The van der Waals surface area contributed by atoms with Gasteiger partial charge in [-0.05, 0) is 63.9 Å². The molecule has 156 valence electrons. The van der Waals surface area contributed by atoms with E-state index in [9.17, 15) is 9.18 Å². The highest BCUT2D eigenvalue weighted by molar-refractivity contribution is 5.69. The summed E-state index contributed by atoms with van der Waals surface area (Å²) in [5.41, 5.74) is 1.41. The molecule has 1 aromatic carbocycles. The van der Waals surface area contributed by atoms with E-state index in [1.807, 2.05) is 36.4 Å². The molecule has 0 bridgehead atoms. The first-order valence-electron chi connectivity index (χ1n) is 10.3. The number of hydrogen-bond donors (Lipinski definition) is 0. The molecule has 2 saturated heterocycles. The molecule has 0 aliphatic carbocycles. The molecule has 2 aliphatic heterocycles. The molecule has 0 unspecified atom stereocenters. The molecular weight excluding hydrogens is 371 g/mol. The lowest BCUT2D eigenvalue weighted by Crippen LogP contribution is -2.55. The zero-order valence-corrected chi connectivity index (χ0v) is 17.3. The van der Waals surface area contributed by atoms with Crippen LogP contribution in [0.15, 0.2) is 36.5 Å². The molecule has 0 radical (unpaired) electrons. The van der Waals surface area contributed by atoms with Crippen molar-refractivity contribution in [2.75, 3.05) is 19.6 Å². The summed E-state index contributed by atoms with van der Waals surface area (Å²) >= 11 is 0. The topological polar surface area (TPSA) is 50.6 Å². The van der Waals surface area contributed by atoms with E-state index in [0.717, 1.165) is 37.2 Å². The first-order valence-corrected chi connectivity index (χ1v) is 10.3. The first-order chi connectivity index (χ1) is 13.8. The summed E-state index contributed by atoms with van der Waals surface area (Å²) in [6.45, 7) is 8.72. The van der Waals surface area contributed by atoms with Crippen LogP contribution in [0.5, 0.6) is 0 Å². The van der Waals surface area contributed by atoms with Crippen molar-refractivity contribution in [3.63, 3.8) is 0 Å². The quantitative estimate of drug-likeness (QED) is 0.786. The van der Waals surface area contributed by atoms with Crippen molar-refractivity contribution in [2.24, 2.45) is 0 Å². The highest BCUT2D eigenvalue weighted by Crippen LogP contribution is 2.33. The van der Waals surface area contributed by atoms with E-state index in [4.69, 9.17) is 4.74 Å². The third-order valence-corrected chi connectivity index (χ3v) is 5.65. The predicted molar refractivity (Wildman–Crippen MR) is 108 cm³/mol. The molecular formula is C22H29FN4O2. The van der Waals surface area contributed by atoms with Crippen molar-refractivity contribution in [1.82, 2.24) is 19.6 Å². The Bertz CT molecular complexity index is 858. The van der Waals surface area contributed by atoms with Crippen LogP contribution in [0.1, 0.15) is 50.9 Å². The van der Waals surface area contributed by atoms with Crippen LogP contribution in [-0.2, 0) is 11.3 Å². The number of amides is 1. The molecule has 2 aliphatic rings. The van der Waals surface area contributed by atoms with Crippen molar-refractivity contribution in [1.29, 1.82) is 0 Å². The van der Waals surface area contributed by atoms with E-state index in [0.29, 0.717) is 19.1 Å². The lowest BCUT2D eigenvalue weighted by atomic mass is 10.0. The van der Waals surface area contributed by atoms with Crippen LogP contribution >= 0.6 is 0 Å². The van der Waals surface area contributed by atoms with Crippen molar-refractivity contribution < 1.29 is 13.9 Å². The highest BCUT2D eigenvalue weighted by atomic mass is 19.1. The normalized spacial score (nSPS) is 22.6. The Kier molecular flexibility index (Phi) is 5.34. The van der Waals surface area contributed by atoms with E-state index in [1.165, 1.54) is 12.1 Å². The van der Waals surface area contributed by atoms with Crippen LogP contribution in [0.4, 0.5) is 9.18 Å². The SMILES string of the molecule is CC(C)(C)OC(=O)N1C[C@H]2CCCN2C[C@H]1c1ccnn1Cc1ccc(F)cc1. The maximum absolute atomic E-state index is 13.2. The molecule has 0 saturated carbocycles. The molecule has 1 aromatic heterocycles. The minimum atomic E-state index is -0.539. The number of piperazine rings is 1. The monoisotopic (exact) mass is 400 g/mol. The Hall–Kier alpha value is -2.41. The Labute approximate surface area is 171 Å². The van der Waals surface area contributed by atoms with Gasteiger partial charge in [0.15, 0.2) is 0 Å². The number of nitrogens with zero attached hydrogens (tertiary/aromatic N) is 4. The van der Waals surface area contributed by atoms with Gasteiger partial charge < -0.3 is 4.74 Å². The molecule has 2 aromatic rings. The third kappa shape index (κ3) is 4.45. The molecule has 3 heterocycles. The summed E-state index contributed by atoms with van der Waals surface area (Å²) in [6.07, 6.45) is 3.76. The lowest BCUT2D eigenvalue weighted by Gasteiger charge is -2.43. The first kappa shape index (κ1) is 19.9. The number of halogens is 1. The fraction of sp³-hybridized carbons (Fsp3) is 0.545. The molecule has 2 atom stereocenters. The predicted octanol–water partition coefficient (Wildman–Crippen LogP) is 3.83. The maximum Gasteiger partial charge on any atom is 0.410 e. The zero-order chi connectivity index (χ0) is 20.6. The molecule has 1 amide bonds. The highest BCUT2D eigenvalue weighted by Gasteiger charge is 2.41. The van der Waals surface area contributed by atoms with E-state index in [2.05, 4.69) is 10.00 Å².